The molecule has 2 nitrogen and oxygen atoms in total. The van der Waals surface area contributed by atoms with Crippen LogP contribution in [0.5, 0.6) is 0 Å². The fourth-order valence-electron chi connectivity index (χ4n) is 1.25. The van der Waals surface area contributed by atoms with Gasteiger partial charge >= 0.3 is 0 Å². The summed E-state index contributed by atoms with van der Waals surface area (Å²) in [5.41, 5.74) is 0.925. The van der Waals surface area contributed by atoms with Gasteiger partial charge in [0.15, 0.2) is 0 Å². The van der Waals surface area contributed by atoms with Gasteiger partial charge in [-0.3, -0.25) is 0 Å². The smallest absolute Gasteiger partial charge is 0.0914 e. The van der Waals surface area contributed by atoms with E-state index in [1.807, 2.05) is 18.2 Å². The molecular formula is C11H15Br2NO. The van der Waals surface area contributed by atoms with Gasteiger partial charge in [0.25, 0.3) is 0 Å². The Morgan fingerprint density at radius 3 is 2.67 bits per heavy atom. The van der Waals surface area contributed by atoms with Crippen LogP contribution in [-0.4, -0.2) is 18.2 Å². The Hall–Kier alpha value is 0.1000. The van der Waals surface area contributed by atoms with E-state index in [4.69, 9.17) is 0 Å². The highest BCUT2D eigenvalue weighted by Gasteiger charge is 2.08. The molecule has 1 aromatic carbocycles. The average Bonchev–Trinajstić information content (AvgIpc) is 2.22. The van der Waals surface area contributed by atoms with Crippen molar-refractivity contribution < 1.29 is 5.11 Å². The Bertz CT molecular complexity index is 317. The zero-order valence-corrected chi connectivity index (χ0v) is 11.8. The third kappa shape index (κ3) is 4.23. The van der Waals surface area contributed by atoms with E-state index in [0.717, 1.165) is 27.5 Å². The van der Waals surface area contributed by atoms with Gasteiger partial charge in [-0.15, -0.1) is 0 Å². The first-order valence-electron chi connectivity index (χ1n) is 4.99. The number of halogens is 2. The zero-order valence-electron chi connectivity index (χ0n) is 8.63. The lowest BCUT2D eigenvalue weighted by atomic mass is 10.1. The van der Waals surface area contributed by atoms with Crippen LogP contribution in [0.1, 0.15) is 25.0 Å². The van der Waals surface area contributed by atoms with Crippen LogP contribution < -0.4 is 5.32 Å². The second-order valence-electron chi connectivity index (χ2n) is 3.39. The van der Waals surface area contributed by atoms with Gasteiger partial charge in [0.2, 0.25) is 0 Å². The summed E-state index contributed by atoms with van der Waals surface area (Å²) in [7, 11) is 0. The minimum Gasteiger partial charge on any atom is -0.387 e. The third-order valence-corrected chi connectivity index (χ3v) is 3.97. The van der Waals surface area contributed by atoms with Crippen LogP contribution in [0.15, 0.2) is 27.1 Å². The summed E-state index contributed by atoms with van der Waals surface area (Å²) in [5.74, 6) is 0. The SMILES string of the molecule is CCCNCC(O)c1ccc(Br)c(Br)c1. The van der Waals surface area contributed by atoms with Crippen molar-refractivity contribution in [3.8, 4) is 0 Å². The molecule has 0 heterocycles. The summed E-state index contributed by atoms with van der Waals surface area (Å²) in [5, 5.41) is 13.1. The van der Waals surface area contributed by atoms with Crippen LogP contribution in [0.2, 0.25) is 0 Å². The molecule has 0 radical (unpaired) electrons. The molecular weight excluding hydrogens is 322 g/mol. The second kappa shape index (κ2) is 6.63. The summed E-state index contributed by atoms with van der Waals surface area (Å²) in [6, 6.07) is 5.79. The average molecular weight is 337 g/mol. The van der Waals surface area contributed by atoms with Crippen molar-refractivity contribution in [2.45, 2.75) is 19.4 Å². The molecule has 0 aliphatic rings. The summed E-state index contributed by atoms with van der Waals surface area (Å²) in [4.78, 5) is 0. The molecule has 1 aromatic rings. The topological polar surface area (TPSA) is 32.3 Å². The van der Waals surface area contributed by atoms with Crippen LogP contribution in [0.4, 0.5) is 0 Å². The van der Waals surface area contributed by atoms with Crippen LogP contribution in [0.3, 0.4) is 0 Å². The molecule has 2 N–H and O–H groups in total. The normalized spacial score (nSPS) is 12.8. The molecule has 0 fully saturated rings. The lowest BCUT2D eigenvalue weighted by molar-refractivity contribution is 0.175. The molecule has 0 saturated heterocycles. The Labute approximate surface area is 107 Å². The lowest BCUT2D eigenvalue weighted by Gasteiger charge is -2.12. The van der Waals surface area contributed by atoms with Crippen LogP contribution >= 0.6 is 31.9 Å². The molecule has 1 atom stereocenters. The molecule has 4 heteroatoms. The lowest BCUT2D eigenvalue weighted by Crippen LogP contribution is -2.22. The van der Waals surface area contributed by atoms with Crippen LogP contribution in [-0.2, 0) is 0 Å². The van der Waals surface area contributed by atoms with Crippen molar-refractivity contribution >= 4 is 31.9 Å². The van der Waals surface area contributed by atoms with Crippen LogP contribution in [0, 0.1) is 0 Å². The largest absolute Gasteiger partial charge is 0.387 e. The van der Waals surface area contributed by atoms with E-state index in [2.05, 4.69) is 44.1 Å². The summed E-state index contributed by atoms with van der Waals surface area (Å²) >= 11 is 6.82. The van der Waals surface area contributed by atoms with Gasteiger partial charge in [0.05, 0.1) is 6.10 Å². The van der Waals surface area contributed by atoms with Crippen molar-refractivity contribution in [2.75, 3.05) is 13.1 Å². The molecule has 1 rings (SSSR count). The maximum absolute atomic E-state index is 9.86. The summed E-state index contributed by atoms with van der Waals surface area (Å²) in [6.45, 7) is 3.65. The number of aliphatic hydroxyl groups excluding tert-OH is 1. The molecule has 0 amide bonds. The van der Waals surface area contributed by atoms with Gasteiger partial charge in [0, 0.05) is 15.5 Å². The summed E-state index contributed by atoms with van der Waals surface area (Å²) in [6.07, 6.45) is 0.637. The maximum Gasteiger partial charge on any atom is 0.0914 e. The number of benzene rings is 1. The number of hydrogen-bond acceptors (Lipinski definition) is 2. The first-order chi connectivity index (χ1) is 7.15. The van der Waals surface area contributed by atoms with Gasteiger partial charge < -0.3 is 10.4 Å². The van der Waals surface area contributed by atoms with Crippen LogP contribution in [0.25, 0.3) is 0 Å². The number of rotatable bonds is 5. The fourth-order valence-corrected chi connectivity index (χ4v) is 1.90. The predicted octanol–water partition coefficient (Wildman–Crippen LogP) is 3.24. The van der Waals surface area contributed by atoms with Crippen molar-refractivity contribution in [3.63, 3.8) is 0 Å². The van der Waals surface area contributed by atoms with E-state index >= 15 is 0 Å². The number of hydrogen-bond donors (Lipinski definition) is 2. The monoisotopic (exact) mass is 335 g/mol. The highest BCUT2D eigenvalue weighted by atomic mass is 79.9. The first kappa shape index (κ1) is 13.2. The number of aliphatic hydroxyl groups is 1. The van der Waals surface area contributed by atoms with Gasteiger partial charge in [-0.2, -0.15) is 0 Å². The highest BCUT2D eigenvalue weighted by molar-refractivity contribution is 9.13. The van der Waals surface area contributed by atoms with Crippen molar-refractivity contribution in [1.29, 1.82) is 0 Å². The predicted molar refractivity (Wildman–Crippen MR) is 70.0 cm³/mol. The third-order valence-electron chi connectivity index (χ3n) is 2.09. The Morgan fingerprint density at radius 2 is 2.07 bits per heavy atom. The molecule has 84 valence electrons. The zero-order chi connectivity index (χ0) is 11.3. The van der Waals surface area contributed by atoms with Gasteiger partial charge in [-0.1, -0.05) is 13.0 Å². The first-order valence-corrected chi connectivity index (χ1v) is 6.57. The van der Waals surface area contributed by atoms with Crippen molar-refractivity contribution in [3.05, 3.63) is 32.7 Å². The molecule has 0 aromatic heterocycles. The maximum atomic E-state index is 9.86. The molecule has 0 spiro atoms. The fraction of sp³-hybridized carbons (Fsp3) is 0.455. The van der Waals surface area contributed by atoms with E-state index < -0.39 is 6.10 Å². The molecule has 15 heavy (non-hydrogen) atoms. The summed E-state index contributed by atoms with van der Waals surface area (Å²) < 4.78 is 1.97. The molecule has 0 aliphatic carbocycles. The minimum absolute atomic E-state index is 0.444. The van der Waals surface area contributed by atoms with E-state index in [9.17, 15) is 5.11 Å². The number of nitrogens with one attached hydrogen (secondary N) is 1. The van der Waals surface area contributed by atoms with E-state index in [-0.39, 0.29) is 0 Å². The molecule has 1 unspecified atom stereocenters. The van der Waals surface area contributed by atoms with Crippen molar-refractivity contribution in [2.24, 2.45) is 0 Å². The minimum atomic E-state index is -0.444. The Morgan fingerprint density at radius 1 is 1.33 bits per heavy atom. The molecule has 0 aliphatic heterocycles. The quantitative estimate of drug-likeness (QED) is 0.809. The highest BCUT2D eigenvalue weighted by Crippen LogP contribution is 2.26. The molecule has 0 bridgehead atoms. The van der Waals surface area contributed by atoms with E-state index in [1.54, 1.807) is 0 Å². The Kier molecular flexibility index (Phi) is 5.82. The van der Waals surface area contributed by atoms with E-state index in [0.29, 0.717) is 6.54 Å². The second-order valence-corrected chi connectivity index (χ2v) is 5.10. The Balaban J connectivity index is 2.57. The standard InChI is InChI=1S/C11H15Br2NO/c1-2-5-14-7-11(15)8-3-4-9(12)10(13)6-8/h3-4,6,11,14-15H,2,5,7H2,1H3. The van der Waals surface area contributed by atoms with Gasteiger partial charge in [-0.25, -0.2) is 0 Å². The van der Waals surface area contributed by atoms with Gasteiger partial charge in [-0.05, 0) is 62.5 Å². The van der Waals surface area contributed by atoms with Gasteiger partial charge in [0.1, 0.15) is 0 Å². The van der Waals surface area contributed by atoms with Crippen molar-refractivity contribution in [1.82, 2.24) is 5.32 Å². The van der Waals surface area contributed by atoms with E-state index in [1.165, 1.54) is 0 Å². The molecule has 0 saturated carbocycles.